The number of nitrogens with two attached hydrogens (primary N) is 1. The van der Waals surface area contributed by atoms with Crippen LogP contribution >= 0.6 is 0 Å². The predicted octanol–water partition coefficient (Wildman–Crippen LogP) is 3.90. The molecule has 0 amide bonds. The highest BCUT2D eigenvalue weighted by atomic mass is 15.2. The van der Waals surface area contributed by atoms with Crippen molar-refractivity contribution in [3.05, 3.63) is 24.0 Å². The Morgan fingerprint density at radius 2 is 1.95 bits per heavy atom. The molecule has 0 unspecified atom stereocenters. The van der Waals surface area contributed by atoms with Crippen LogP contribution in [0.25, 0.3) is 0 Å². The number of hydrogen-bond donors (Lipinski definition) is 1. The van der Waals surface area contributed by atoms with E-state index in [9.17, 15) is 0 Å². The molecule has 0 fully saturated rings. The van der Waals surface area contributed by atoms with Crippen molar-refractivity contribution < 1.29 is 0 Å². The Morgan fingerprint density at radius 1 is 1.21 bits per heavy atom. The third-order valence-electron chi connectivity index (χ3n) is 3.55. The molecular formula is C16H29N3. The summed E-state index contributed by atoms with van der Waals surface area (Å²) in [7, 11) is 0. The van der Waals surface area contributed by atoms with Gasteiger partial charge in [-0.2, -0.15) is 0 Å². The van der Waals surface area contributed by atoms with E-state index in [4.69, 9.17) is 5.73 Å². The molecule has 0 spiro atoms. The van der Waals surface area contributed by atoms with Gasteiger partial charge in [-0.15, -0.1) is 0 Å². The lowest BCUT2D eigenvalue weighted by atomic mass is 10.1. The summed E-state index contributed by atoms with van der Waals surface area (Å²) in [5, 5.41) is 0. The minimum Gasteiger partial charge on any atom is -0.368 e. The van der Waals surface area contributed by atoms with Crippen LogP contribution in [0.5, 0.6) is 0 Å². The van der Waals surface area contributed by atoms with E-state index in [0.29, 0.717) is 6.04 Å². The van der Waals surface area contributed by atoms with Crippen LogP contribution in [0, 0.1) is 0 Å². The van der Waals surface area contributed by atoms with Crippen molar-refractivity contribution in [2.45, 2.75) is 65.5 Å². The van der Waals surface area contributed by atoms with Crippen molar-refractivity contribution >= 4 is 5.69 Å². The molecule has 0 saturated carbocycles. The van der Waals surface area contributed by atoms with Gasteiger partial charge in [0.1, 0.15) is 0 Å². The van der Waals surface area contributed by atoms with Crippen LogP contribution in [0.15, 0.2) is 18.3 Å². The minimum atomic E-state index is 0.0571. The van der Waals surface area contributed by atoms with E-state index >= 15 is 0 Å². The summed E-state index contributed by atoms with van der Waals surface area (Å²) in [6.45, 7) is 9.90. The summed E-state index contributed by atoms with van der Waals surface area (Å²) in [4.78, 5) is 6.93. The van der Waals surface area contributed by atoms with E-state index in [0.717, 1.165) is 18.7 Å². The van der Waals surface area contributed by atoms with Gasteiger partial charge in [0.2, 0.25) is 0 Å². The van der Waals surface area contributed by atoms with Crippen LogP contribution in [0.1, 0.15) is 65.1 Å². The van der Waals surface area contributed by atoms with Gasteiger partial charge in [0.15, 0.2) is 0 Å². The maximum Gasteiger partial charge on any atom is 0.0572 e. The van der Waals surface area contributed by atoms with Gasteiger partial charge in [-0.1, -0.05) is 26.7 Å². The van der Waals surface area contributed by atoms with Crippen LogP contribution < -0.4 is 10.6 Å². The lowest BCUT2D eigenvalue weighted by Gasteiger charge is -2.29. The third kappa shape index (κ3) is 4.83. The van der Waals surface area contributed by atoms with Crippen LogP contribution in [-0.2, 0) is 0 Å². The summed E-state index contributed by atoms with van der Waals surface area (Å²) in [5.41, 5.74) is 8.20. The second-order valence-electron chi connectivity index (χ2n) is 5.45. The molecule has 0 saturated heterocycles. The molecule has 1 aromatic rings. The van der Waals surface area contributed by atoms with Gasteiger partial charge in [-0.3, -0.25) is 4.98 Å². The molecule has 1 atom stereocenters. The molecule has 108 valence electrons. The van der Waals surface area contributed by atoms with Crippen molar-refractivity contribution in [1.82, 2.24) is 4.98 Å². The Hall–Kier alpha value is -1.09. The van der Waals surface area contributed by atoms with Crippen LogP contribution in [0.4, 0.5) is 5.69 Å². The van der Waals surface area contributed by atoms with E-state index in [1.165, 1.54) is 24.9 Å². The number of hydrogen-bond acceptors (Lipinski definition) is 3. The van der Waals surface area contributed by atoms with Gasteiger partial charge in [0, 0.05) is 18.6 Å². The largest absolute Gasteiger partial charge is 0.368 e. The molecule has 1 heterocycles. The van der Waals surface area contributed by atoms with E-state index in [2.05, 4.69) is 49.7 Å². The Labute approximate surface area is 118 Å². The molecule has 0 aliphatic rings. The Bertz CT molecular complexity index is 346. The lowest BCUT2D eigenvalue weighted by Crippen LogP contribution is -2.31. The minimum absolute atomic E-state index is 0.0571. The number of unbranched alkanes of at least 4 members (excludes halogenated alkanes) is 2. The highest BCUT2D eigenvalue weighted by Gasteiger charge is 2.11. The molecule has 0 aliphatic heterocycles. The van der Waals surface area contributed by atoms with Crippen molar-refractivity contribution in [2.75, 3.05) is 11.4 Å². The predicted molar refractivity (Wildman–Crippen MR) is 83.5 cm³/mol. The summed E-state index contributed by atoms with van der Waals surface area (Å²) < 4.78 is 0. The fourth-order valence-corrected chi connectivity index (χ4v) is 2.21. The first-order valence-corrected chi connectivity index (χ1v) is 7.58. The van der Waals surface area contributed by atoms with Gasteiger partial charge in [-0.25, -0.2) is 0 Å². The summed E-state index contributed by atoms with van der Waals surface area (Å²) in [6.07, 6.45) is 6.68. The van der Waals surface area contributed by atoms with E-state index in [1.807, 2.05) is 6.20 Å². The maximum atomic E-state index is 6.00. The Balaban J connectivity index is 2.74. The second-order valence-corrected chi connectivity index (χ2v) is 5.45. The first-order valence-electron chi connectivity index (χ1n) is 7.58. The first-order chi connectivity index (χ1) is 9.10. The number of rotatable bonds is 8. The highest BCUT2D eigenvalue weighted by molar-refractivity contribution is 5.45. The molecule has 0 aliphatic carbocycles. The van der Waals surface area contributed by atoms with Crippen molar-refractivity contribution in [2.24, 2.45) is 5.73 Å². The number of aromatic nitrogens is 1. The maximum absolute atomic E-state index is 6.00. The molecule has 3 heteroatoms. The van der Waals surface area contributed by atoms with E-state index in [1.54, 1.807) is 0 Å². The van der Waals surface area contributed by atoms with Crippen LogP contribution in [0.3, 0.4) is 0 Å². The molecule has 3 nitrogen and oxygen atoms in total. The Morgan fingerprint density at radius 3 is 2.42 bits per heavy atom. The van der Waals surface area contributed by atoms with E-state index < -0.39 is 0 Å². The monoisotopic (exact) mass is 263 g/mol. The van der Waals surface area contributed by atoms with Gasteiger partial charge in [0.25, 0.3) is 0 Å². The van der Waals surface area contributed by atoms with Crippen molar-refractivity contribution in [1.29, 1.82) is 0 Å². The fraction of sp³-hybridized carbons (Fsp3) is 0.688. The molecule has 1 rings (SSSR count). The van der Waals surface area contributed by atoms with E-state index in [-0.39, 0.29) is 6.04 Å². The molecule has 2 N–H and O–H groups in total. The molecule has 0 aromatic carbocycles. The molecular weight excluding hydrogens is 234 g/mol. The fourth-order valence-electron chi connectivity index (χ4n) is 2.21. The topological polar surface area (TPSA) is 42.1 Å². The molecule has 0 radical (unpaired) electrons. The van der Waals surface area contributed by atoms with Crippen molar-refractivity contribution in [3.8, 4) is 0 Å². The zero-order valence-corrected chi connectivity index (χ0v) is 12.9. The Kier molecular flexibility index (Phi) is 6.85. The average Bonchev–Trinajstić information content (AvgIpc) is 2.42. The summed E-state index contributed by atoms with van der Waals surface area (Å²) in [6, 6.07) is 4.79. The normalized spacial score (nSPS) is 12.7. The lowest BCUT2D eigenvalue weighted by molar-refractivity contribution is 0.623. The van der Waals surface area contributed by atoms with Gasteiger partial charge >= 0.3 is 0 Å². The van der Waals surface area contributed by atoms with Gasteiger partial charge in [-0.05, 0) is 38.8 Å². The smallest absolute Gasteiger partial charge is 0.0572 e. The summed E-state index contributed by atoms with van der Waals surface area (Å²) in [5.74, 6) is 0. The highest BCUT2D eigenvalue weighted by Crippen LogP contribution is 2.19. The number of anilines is 1. The number of pyridine rings is 1. The standard InChI is InChI=1S/C16H29N3/c1-5-7-8-11-19(13(3)4)14-9-10-16(18-12-14)15(17)6-2/h9-10,12-13,15H,5-8,11,17H2,1-4H3/t15-/m0/s1. The second kappa shape index (κ2) is 8.16. The van der Waals surface area contributed by atoms with Crippen LogP contribution in [0.2, 0.25) is 0 Å². The van der Waals surface area contributed by atoms with Gasteiger partial charge in [0.05, 0.1) is 17.6 Å². The third-order valence-corrected chi connectivity index (χ3v) is 3.55. The molecule has 19 heavy (non-hydrogen) atoms. The zero-order chi connectivity index (χ0) is 14.3. The SMILES string of the molecule is CCCCCN(c1ccc([C@@H](N)CC)nc1)C(C)C. The average molecular weight is 263 g/mol. The van der Waals surface area contributed by atoms with Crippen LogP contribution in [-0.4, -0.2) is 17.6 Å². The zero-order valence-electron chi connectivity index (χ0n) is 12.9. The van der Waals surface area contributed by atoms with Crippen molar-refractivity contribution in [3.63, 3.8) is 0 Å². The summed E-state index contributed by atoms with van der Waals surface area (Å²) >= 11 is 0. The molecule has 1 aromatic heterocycles. The molecule has 0 bridgehead atoms. The quantitative estimate of drug-likeness (QED) is 0.723. The first kappa shape index (κ1) is 16.0. The van der Waals surface area contributed by atoms with Gasteiger partial charge < -0.3 is 10.6 Å². The number of nitrogens with zero attached hydrogens (tertiary/aromatic N) is 2.